The van der Waals surface area contributed by atoms with E-state index in [2.05, 4.69) is 36.2 Å². The third-order valence-electron chi connectivity index (χ3n) is 11.9. The fourth-order valence-corrected chi connectivity index (χ4v) is 10.1. The molecule has 4 heterocycles. The van der Waals surface area contributed by atoms with Crippen molar-refractivity contribution >= 4 is 33.6 Å². The summed E-state index contributed by atoms with van der Waals surface area (Å²) < 4.78 is 27.2. The number of piperidine rings is 3. The molecule has 3 aliphatic rings. The maximum atomic E-state index is 14.6. The lowest BCUT2D eigenvalue weighted by atomic mass is 9.72. The van der Waals surface area contributed by atoms with Crippen molar-refractivity contribution in [3.05, 3.63) is 66.4 Å². The number of pyridine rings is 1. The zero-order valence-corrected chi connectivity index (χ0v) is 33.8. The minimum Gasteiger partial charge on any atom is -0.497 e. The van der Waals surface area contributed by atoms with Gasteiger partial charge in [0.1, 0.15) is 11.9 Å². The highest BCUT2D eigenvalue weighted by atomic mass is 32.2. The zero-order chi connectivity index (χ0) is 37.3. The molecule has 1 N–H and O–H groups in total. The van der Waals surface area contributed by atoms with Gasteiger partial charge in [0.15, 0.2) is 11.1 Å². The summed E-state index contributed by atoms with van der Waals surface area (Å²) in [5.41, 5.74) is 2.85. The second-order valence-electron chi connectivity index (χ2n) is 15.7. The molecule has 0 saturated carbocycles. The average molecular weight is 746 g/mol. The van der Waals surface area contributed by atoms with Crippen LogP contribution in [0.15, 0.2) is 60.8 Å². The van der Waals surface area contributed by atoms with Crippen molar-refractivity contribution in [3.63, 3.8) is 0 Å². The molecule has 8 heteroatoms. The van der Waals surface area contributed by atoms with E-state index in [9.17, 15) is 9.00 Å². The highest BCUT2D eigenvalue weighted by Crippen LogP contribution is 2.45. The monoisotopic (exact) mass is 745 g/mol. The van der Waals surface area contributed by atoms with Crippen LogP contribution in [0, 0.1) is 11.8 Å². The van der Waals surface area contributed by atoms with Gasteiger partial charge >= 0.3 is 0 Å². The maximum absolute atomic E-state index is 14.6. The fourth-order valence-electron chi connectivity index (χ4n) is 8.76. The standard InChI is InChI=1S/C45H67N3O4S/c1-4-6-7-8-9-10-12-18-23-39(24-19-13-11-14-20-25-44(49)47-37-21-16-15-17-22-37)53(50)52-45(43-32-36-29-31-48(43)34-35(36)5-2)40-28-30-46-42-27-26-38(51-3)33-41(40)42/h15-17,21-22,26-28,30,33,35-36,39,43,45H,4-14,18-20,23-25,29,31-32,34H2,1-3H3,(H,47,49)/t35-,36-,39?,43-,45+,53?/m0/s1. The van der Waals surface area contributed by atoms with Crippen molar-refractivity contribution in [2.24, 2.45) is 11.8 Å². The third kappa shape index (κ3) is 12.6. The van der Waals surface area contributed by atoms with Gasteiger partial charge in [-0.1, -0.05) is 116 Å². The van der Waals surface area contributed by atoms with Gasteiger partial charge in [0.25, 0.3) is 0 Å². The summed E-state index contributed by atoms with van der Waals surface area (Å²) in [4.78, 5) is 19.7. The van der Waals surface area contributed by atoms with Crippen LogP contribution in [-0.2, 0) is 20.1 Å². The van der Waals surface area contributed by atoms with Gasteiger partial charge < -0.3 is 10.1 Å². The van der Waals surface area contributed by atoms with E-state index in [0.29, 0.717) is 12.3 Å². The van der Waals surface area contributed by atoms with Crippen molar-refractivity contribution in [1.29, 1.82) is 0 Å². The van der Waals surface area contributed by atoms with Crippen LogP contribution >= 0.6 is 0 Å². The van der Waals surface area contributed by atoms with Crippen LogP contribution in [0.25, 0.3) is 10.9 Å². The quantitative estimate of drug-likeness (QED) is 0.0870. The molecule has 0 aliphatic carbocycles. The largest absolute Gasteiger partial charge is 0.497 e. The number of aromatic nitrogens is 1. The Balaban J connectivity index is 1.23. The summed E-state index contributed by atoms with van der Waals surface area (Å²) in [5, 5.41) is 4.03. The Kier molecular flexibility index (Phi) is 17.6. The predicted octanol–water partition coefficient (Wildman–Crippen LogP) is 11.4. The number of methoxy groups -OCH3 is 1. The number of carbonyl (C=O) groups is 1. The summed E-state index contributed by atoms with van der Waals surface area (Å²) in [6.45, 7) is 6.77. The molecule has 0 spiro atoms. The number of amides is 1. The first-order valence-corrected chi connectivity index (χ1v) is 22.2. The summed E-state index contributed by atoms with van der Waals surface area (Å²) in [5.74, 6) is 2.30. The van der Waals surface area contributed by atoms with Crippen LogP contribution in [0.2, 0.25) is 0 Å². The van der Waals surface area contributed by atoms with Crippen molar-refractivity contribution in [2.45, 2.75) is 153 Å². The smallest absolute Gasteiger partial charge is 0.224 e. The number of nitrogens with one attached hydrogen (secondary N) is 1. The van der Waals surface area contributed by atoms with E-state index in [1.54, 1.807) is 7.11 Å². The number of para-hydroxylation sites is 1. The molecular formula is C45H67N3O4S. The lowest BCUT2D eigenvalue weighted by molar-refractivity contribution is -0.116. The lowest BCUT2D eigenvalue weighted by Gasteiger charge is -2.52. The van der Waals surface area contributed by atoms with E-state index in [1.165, 1.54) is 57.8 Å². The van der Waals surface area contributed by atoms with E-state index < -0.39 is 11.1 Å². The zero-order valence-electron chi connectivity index (χ0n) is 32.9. The number of ether oxygens (including phenoxy) is 1. The number of hydrogen-bond acceptors (Lipinski definition) is 6. The van der Waals surface area contributed by atoms with E-state index in [1.807, 2.05) is 48.7 Å². The molecule has 3 aromatic rings. The minimum absolute atomic E-state index is 0.0102. The average Bonchev–Trinajstić information content (AvgIpc) is 3.19. The lowest BCUT2D eigenvalue weighted by Crippen LogP contribution is -2.55. The Labute approximate surface area is 323 Å². The highest BCUT2D eigenvalue weighted by molar-refractivity contribution is 7.80. The molecule has 1 aromatic heterocycles. The van der Waals surface area contributed by atoms with Crippen molar-refractivity contribution < 1.29 is 17.9 Å². The number of rotatable bonds is 25. The van der Waals surface area contributed by atoms with Crippen molar-refractivity contribution in [1.82, 2.24) is 9.88 Å². The molecule has 53 heavy (non-hydrogen) atoms. The predicted molar refractivity (Wildman–Crippen MR) is 221 cm³/mol. The van der Waals surface area contributed by atoms with Gasteiger partial charge in [0.05, 0.1) is 17.9 Å². The normalized spacial score (nSPS) is 21.3. The molecule has 2 aromatic carbocycles. The Hall–Kier alpha value is -2.81. The molecule has 6 rings (SSSR count). The van der Waals surface area contributed by atoms with Gasteiger partial charge in [-0.2, -0.15) is 0 Å². The molecule has 292 valence electrons. The van der Waals surface area contributed by atoms with Gasteiger partial charge in [-0.05, 0) is 92.4 Å². The van der Waals surface area contributed by atoms with Gasteiger partial charge in [0.2, 0.25) is 5.91 Å². The second-order valence-corrected chi connectivity index (χ2v) is 17.1. The van der Waals surface area contributed by atoms with E-state index in [0.717, 1.165) is 105 Å². The number of anilines is 1. The first-order valence-electron chi connectivity index (χ1n) is 21.1. The number of carbonyl (C=O) groups excluding carboxylic acids is 1. The Morgan fingerprint density at radius 2 is 1.60 bits per heavy atom. The molecule has 7 atom stereocenters. The van der Waals surface area contributed by atoms with Gasteiger partial charge in [-0.3, -0.25) is 18.9 Å². The third-order valence-corrected chi connectivity index (χ3v) is 13.3. The van der Waals surface area contributed by atoms with Crippen LogP contribution in [0.3, 0.4) is 0 Å². The Morgan fingerprint density at radius 3 is 2.26 bits per heavy atom. The molecule has 3 unspecified atom stereocenters. The SMILES string of the molecule is CCCCCCCCCCC(CCCCCCCC(=O)Nc1ccccc1)S(=O)O[C@H](c1ccnc2ccc(OC)cc12)[C@@H]1C[C@@H]2CCN1C[C@@H]2CC. The van der Waals surface area contributed by atoms with Gasteiger partial charge in [-0.15, -0.1) is 0 Å². The second kappa shape index (κ2) is 22.5. The van der Waals surface area contributed by atoms with Crippen molar-refractivity contribution in [3.8, 4) is 5.75 Å². The number of nitrogens with zero attached hydrogens (tertiary/aromatic N) is 2. The molecule has 0 radical (unpaired) electrons. The van der Waals surface area contributed by atoms with E-state index in [4.69, 9.17) is 13.9 Å². The number of fused-ring (bicyclic) bond motifs is 4. The summed E-state index contributed by atoms with van der Waals surface area (Å²) in [6.07, 6.45) is 22.8. The molecular weight excluding hydrogens is 679 g/mol. The van der Waals surface area contributed by atoms with Crippen LogP contribution in [0.5, 0.6) is 5.75 Å². The Morgan fingerprint density at radius 1 is 0.906 bits per heavy atom. The fraction of sp³-hybridized carbons (Fsp3) is 0.644. The molecule has 2 bridgehead atoms. The Bertz CT molecular complexity index is 1540. The topological polar surface area (TPSA) is 80.8 Å². The van der Waals surface area contributed by atoms with E-state index >= 15 is 0 Å². The van der Waals surface area contributed by atoms with E-state index in [-0.39, 0.29) is 23.3 Å². The molecule has 3 aliphatic heterocycles. The molecule has 3 fully saturated rings. The summed E-state index contributed by atoms with van der Waals surface area (Å²) in [6, 6.07) is 18.0. The minimum atomic E-state index is -1.43. The van der Waals surface area contributed by atoms with Crippen LogP contribution in [0.4, 0.5) is 5.69 Å². The molecule has 1 amide bonds. The first kappa shape index (κ1) is 41.4. The number of unbranched alkanes of at least 4 members (excludes halogenated alkanes) is 11. The highest BCUT2D eigenvalue weighted by Gasteiger charge is 2.44. The van der Waals surface area contributed by atoms with Gasteiger partial charge in [0, 0.05) is 36.3 Å². The van der Waals surface area contributed by atoms with Crippen LogP contribution < -0.4 is 10.1 Å². The van der Waals surface area contributed by atoms with Crippen LogP contribution in [0.1, 0.15) is 148 Å². The number of benzene rings is 2. The summed E-state index contributed by atoms with van der Waals surface area (Å²) >= 11 is -1.43. The first-order chi connectivity index (χ1) is 26.0. The van der Waals surface area contributed by atoms with Crippen LogP contribution in [-0.4, -0.2) is 51.5 Å². The molecule has 3 saturated heterocycles. The summed E-state index contributed by atoms with van der Waals surface area (Å²) in [7, 11) is 1.70. The molecule has 7 nitrogen and oxygen atoms in total. The van der Waals surface area contributed by atoms with Gasteiger partial charge in [-0.25, -0.2) is 4.21 Å². The maximum Gasteiger partial charge on any atom is 0.224 e. The number of hydrogen-bond donors (Lipinski definition) is 1. The van der Waals surface area contributed by atoms with Crippen molar-refractivity contribution in [2.75, 3.05) is 25.5 Å².